The van der Waals surface area contributed by atoms with Crippen LogP contribution in [0.3, 0.4) is 0 Å². The van der Waals surface area contributed by atoms with Crippen molar-refractivity contribution < 1.29 is 9.90 Å². The molecular formula is C17H26N2O2. The third-order valence-electron chi connectivity index (χ3n) is 4.28. The number of nitrogens with zero attached hydrogens (tertiary/aromatic N) is 1. The van der Waals surface area contributed by atoms with Crippen molar-refractivity contribution in [3.63, 3.8) is 0 Å². The van der Waals surface area contributed by atoms with Gasteiger partial charge in [-0.05, 0) is 37.4 Å². The number of rotatable bonds is 7. The number of hydrogen-bond acceptors (Lipinski definition) is 3. The zero-order chi connectivity index (χ0) is 15.3. The van der Waals surface area contributed by atoms with Crippen LogP contribution >= 0.6 is 0 Å². The molecule has 1 saturated heterocycles. The molecule has 116 valence electrons. The van der Waals surface area contributed by atoms with Crippen molar-refractivity contribution in [2.24, 2.45) is 5.92 Å². The lowest BCUT2D eigenvalue weighted by Gasteiger charge is -2.35. The van der Waals surface area contributed by atoms with Crippen LogP contribution in [0.2, 0.25) is 0 Å². The minimum atomic E-state index is -1.01. The van der Waals surface area contributed by atoms with E-state index in [9.17, 15) is 9.90 Å². The van der Waals surface area contributed by atoms with Crippen molar-refractivity contribution in [1.82, 2.24) is 10.2 Å². The maximum Gasteiger partial charge on any atom is 0.329 e. The molecule has 4 nitrogen and oxygen atoms in total. The number of likely N-dealkylation sites (tertiary alicyclic amines) is 1. The molecule has 0 bridgehead atoms. The fourth-order valence-electron chi connectivity index (χ4n) is 3.08. The van der Waals surface area contributed by atoms with Gasteiger partial charge in [0, 0.05) is 13.1 Å². The Balaban J connectivity index is 2.29. The van der Waals surface area contributed by atoms with E-state index in [4.69, 9.17) is 0 Å². The number of carbonyl (C=O) groups is 1. The van der Waals surface area contributed by atoms with Gasteiger partial charge in [-0.2, -0.15) is 0 Å². The molecule has 1 heterocycles. The average Bonchev–Trinajstić information content (AvgIpc) is 2.89. The van der Waals surface area contributed by atoms with Gasteiger partial charge >= 0.3 is 5.97 Å². The summed E-state index contributed by atoms with van der Waals surface area (Å²) in [6, 6.07) is 9.57. The lowest BCUT2D eigenvalue weighted by atomic mass is 9.89. The Hall–Kier alpha value is -1.39. The summed E-state index contributed by atoms with van der Waals surface area (Å²) in [7, 11) is 0. The van der Waals surface area contributed by atoms with Crippen LogP contribution in [0.15, 0.2) is 30.3 Å². The maximum atomic E-state index is 12.1. The van der Waals surface area contributed by atoms with E-state index in [0.29, 0.717) is 19.0 Å². The van der Waals surface area contributed by atoms with E-state index in [-0.39, 0.29) is 0 Å². The zero-order valence-electron chi connectivity index (χ0n) is 13.0. The summed E-state index contributed by atoms with van der Waals surface area (Å²) >= 11 is 0. The molecule has 2 atom stereocenters. The number of hydrogen-bond donors (Lipinski definition) is 2. The number of carboxylic acids is 1. The van der Waals surface area contributed by atoms with E-state index in [0.717, 1.165) is 31.5 Å². The highest BCUT2D eigenvalue weighted by molar-refractivity contribution is 5.81. The minimum Gasteiger partial charge on any atom is -0.480 e. The van der Waals surface area contributed by atoms with Gasteiger partial charge in [0.15, 0.2) is 5.54 Å². The molecule has 1 aromatic rings. The van der Waals surface area contributed by atoms with Crippen molar-refractivity contribution >= 4 is 5.97 Å². The predicted octanol–water partition coefficient (Wildman–Crippen LogP) is 2.31. The zero-order valence-corrected chi connectivity index (χ0v) is 13.0. The van der Waals surface area contributed by atoms with Crippen LogP contribution in [0.1, 0.15) is 32.3 Å². The van der Waals surface area contributed by atoms with Crippen molar-refractivity contribution in [2.75, 3.05) is 26.2 Å². The summed E-state index contributed by atoms with van der Waals surface area (Å²) in [5, 5.41) is 13.2. The molecule has 0 radical (unpaired) electrons. The maximum absolute atomic E-state index is 12.1. The third kappa shape index (κ3) is 3.63. The van der Waals surface area contributed by atoms with E-state index in [2.05, 4.69) is 24.1 Å². The predicted molar refractivity (Wildman–Crippen MR) is 84.3 cm³/mol. The lowest BCUT2D eigenvalue weighted by Crippen LogP contribution is -2.56. The van der Waals surface area contributed by atoms with E-state index in [1.165, 1.54) is 0 Å². The highest BCUT2D eigenvalue weighted by Crippen LogP contribution is 2.26. The lowest BCUT2D eigenvalue weighted by molar-refractivity contribution is -0.146. The normalized spacial score (nSPS) is 22.1. The molecule has 1 aliphatic rings. The van der Waals surface area contributed by atoms with E-state index >= 15 is 0 Å². The first-order valence-corrected chi connectivity index (χ1v) is 7.85. The molecule has 0 aliphatic carbocycles. The van der Waals surface area contributed by atoms with Crippen molar-refractivity contribution in [2.45, 2.75) is 32.2 Å². The van der Waals surface area contributed by atoms with Crippen LogP contribution < -0.4 is 5.32 Å². The smallest absolute Gasteiger partial charge is 0.329 e. The summed E-state index contributed by atoms with van der Waals surface area (Å²) in [6.07, 6.45) is 2.07. The molecule has 0 spiro atoms. The SMILES string of the molecule is CCCNC(CN1CCC(C)C1)(C(=O)O)c1ccccc1. The highest BCUT2D eigenvalue weighted by atomic mass is 16.4. The summed E-state index contributed by atoms with van der Waals surface area (Å²) in [4.78, 5) is 14.4. The van der Waals surface area contributed by atoms with Gasteiger partial charge in [0.2, 0.25) is 0 Å². The average molecular weight is 290 g/mol. The van der Waals surface area contributed by atoms with Crippen molar-refractivity contribution in [1.29, 1.82) is 0 Å². The van der Waals surface area contributed by atoms with Crippen molar-refractivity contribution in [3.8, 4) is 0 Å². The molecule has 0 aromatic heterocycles. The van der Waals surface area contributed by atoms with E-state index in [1.54, 1.807) is 0 Å². The van der Waals surface area contributed by atoms with Gasteiger partial charge in [-0.3, -0.25) is 5.32 Å². The Kier molecular flexibility index (Phi) is 5.37. The molecule has 1 aliphatic heterocycles. The van der Waals surface area contributed by atoms with Crippen LogP contribution in [0, 0.1) is 5.92 Å². The van der Waals surface area contributed by atoms with E-state index < -0.39 is 11.5 Å². The van der Waals surface area contributed by atoms with Crippen LogP contribution in [0.4, 0.5) is 0 Å². The minimum absolute atomic E-state index is 0.524. The van der Waals surface area contributed by atoms with Gasteiger partial charge in [0.25, 0.3) is 0 Å². The number of benzene rings is 1. The largest absolute Gasteiger partial charge is 0.480 e. The standard InChI is InChI=1S/C17H26N2O2/c1-3-10-18-17(16(20)21,15-7-5-4-6-8-15)13-19-11-9-14(2)12-19/h4-8,14,18H,3,9-13H2,1-2H3,(H,20,21). The molecule has 1 fully saturated rings. The third-order valence-corrected chi connectivity index (χ3v) is 4.28. The summed E-state index contributed by atoms with van der Waals surface area (Å²) in [6.45, 7) is 7.47. The van der Waals surface area contributed by atoms with Crippen LogP contribution in [0.25, 0.3) is 0 Å². The Bertz CT molecular complexity index is 463. The Labute approximate surface area is 127 Å². The Morgan fingerprint density at radius 1 is 1.43 bits per heavy atom. The fourth-order valence-corrected chi connectivity index (χ4v) is 3.08. The van der Waals surface area contributed by atoms with Crippen molar-refractivity contribution in [3.05, 3.63) is 35.9 Å². The Morgan fingerprint density at radius 2 is 2.14 bits per heavy atom. The first-order valence-electron chi connectivity index (χ1n) is 7.85. The molecule has 2 N–H and O–H groups in total. The second-order valence-electron chi connectivity index (χ2n) is 6.13. The van der Waals surface area contributed by atoms with Gasteiger partial charge < -0.3 is 10.0 Å². The molecule has 2 unspecified atom stereocenters. The molecule has 0 amide bonds. The van der Waals surface area contributed by atoms with Crippen LogP contribution in [0.5, 0.6) is 0 Å². The molecule has 0 saturated carbocycles. The topological polar surface area (TPSA) is 52.6 Å². The number of aliphatic carboxylic acids is 1. The summed E-state index contributed by atoms with van der Waals surface area (Å²) in [5.41, 5.74) is -0.174. The molecule has 4 heteroatoms. The van der Waals surface area contributed by atoms with Gasteiger partial charge in [0.05, 0.1) is 0 Å². The molecule has 21 heavy (non-hydrogen) atoms. The molecule has 2 rings (SSSR count). The van der Waals surface area contributed by atoms with E-state index in [1.807, 2.05) is 30.3 Å². The van der Waals surface area contributed by atoms with Gasteiger partial charge in [-0.15, -0.1) is 0 Å². The Morgan fingerprint density at radius 3 is 2.67 bits per heavy atom. The van der Waals surface area contributed by atoms with Crippen LogP contribution in [-0.2, 0) is 10.3 Å². The van der Waals surface area contributed by atoms with Gasteiger partial charge in [0.1, 0.15) is 0 Å². The second kappa shape index (κ2) is 7.05. The summed E-state index contributed by atoms with van der Waals surface area (Å²) < 4.78 is 0. The number of nitrogens with one attached hydrogen (secondary N) is 1. The first kappa shape index (κ1) is 16.0. The molecular weight excluding hydrogens is 264 g/mol. The second-order valence-corrected chi connectivity index (χ2v) is 6.13. The van der Waals surface area contributed by atoms with Gasteiger partial charge in [-0.25, -0.2) is 4.79 Å². The fraction of sp³-hybridized carbons (Fsp3) is 0.588. The number of carboxylic acid groups (broad SMARTS) is 1. The monoisotopic (exact) mass is 290 g/mol. The first-order chi connectivity index (χ1) is 10.1. The summed E-state index contributed by atoms with van der Waals surface area (Å²) in [5.74, 6) is -0.139. The van der Waals surface area contributed by atoms with Crippen LogP contribution in [-0.4, -0.2) is 42.2 Å². The molecule has 1 aromatic carbocycles. The van der Waals surface area contributed by atoms with Gasteiger partial charge in [-0.1, -0.05) is 44.2 Å². The quantitative estimate of drug-likeness (QED) is 0.809. The highest BCUT2D eigenvalue weighted by Gasteiger charge is 2.42.